The van der Waals surface area contributed by atoms with Gasteiger partial charge < -0.3 is 17.7 Å². The molecular formula is C13H22BiClO6S2. The summed E-state index contributed by atoms with van der Waals surface area (Å²) in [5, 5.41) is 8.73. The zero-order valence-electron chi connectivity index (χ0n) is 13.5. The molecule has 1 N–H and O–H groups in total. The van der Waals surface area contributed by atoms with Crippen LogP contribution in [0.3, 0.4) is 0 Å². The zero-order chi connectivity index (χ0) is 18.6. The van der Waals surface area contributed by atoms with E-state index in [4.69, 9.17) is 9.29 Å². The van der Waals surface area contributed by atoms with Gasteiger partial charge in [-0.1, -0.05) is 12.1 Å². The van der Waals surface area contributed by atoms with Gasteiger partial charge in [0.15, 0.2) is 0 Å². The van der Waals surface area contributed by atoms with Crippen LogP contribution in [-0.2, 0) is 34.9 Å². The predicted molar refractivity (Wildman–Crippen MR) is 94.4 cm³/mol. The Kier molecular flexibility index (Phi) is 14.7. The Labute approximate surface area is 159 Å². The van der Waals surface area contributed by atoms with Gasteiger partial charge >= 0.3 is 29.4 Å². The van der Waals surface area contributed by atoms with Crippen LogP contribution in [0.1, 0.15) is 23.1 Å². The zero-order valence-corrected chi connectivity index (χ0v) is 19.7. The van der Waals surface area contributed by atoms with Crippen molar-refractivity contribution in [2.45, 2.75) is 31.3 Å². The third kappa shape index (κ3) is 15.3. The van der Waals surface area contributed by atoms with Crippen molar-refractivity contribution in [1.82, 2.24) is 0 Å². The van der Waals surface area contributed by atoms with Crippen molar-refractivity contribution >= 4 is 55.4 Å². The van der Waals surface area contributed by atoms with E-state index in [2.05, 4.69) is 15.3 Å². The summed E-state index contributed by atoms with van der Waals surface area (Å²) in [5.74, 6) is 0.390. The normalized spacial score (nSPS) is 10.3. The molecule has 6 nitrogen and oxygen atoms in total. The second-order valence-corrected chi connectivity index (χ2v) is 7.98. The summed E-state index contributed by atoms with van der Waals surface area (Å²) >= 11 is 1.31. The maximum absolute atomic E-state index is 10.5. The Morgan fingerprint density at radius 1 is 1.22 bits per heavy atom. The van der Waals surface area contributed by atoms with Crippen molar-refractivity contribution in [3.63, 3.8) is 0 Å². The molecule has 1 aromatic carbocycles. The van der Waals surface area contributed by atoms with Crippen LogP contribution in [0.15, 0.2) is 12.1 Å². The van der Waals surface area contributed by atoms with Gasteiger partial charge in [0, 0.05) is 17.3 Å². The molecule has 134 valence electrons. The van der Waals surface area contributed by atoms with Gasteiger partial charge in [-0.3, -0.25) is 0 Å². The van der Waals surface area contributed by atoms with Crippen LogP contribution in [0, 0.1) is 13.8 Å². The summed E-state index contributed by atoms with van der Waals surface area (Å²) in [5.41, 5.74) is 2.65. The second-order valence-electron chi connectivity index (χ2n) is 4.36. The fourth-order valence-corrected chi connectivity index (χ4v) is 2.07. The van der Waals surface area contributed by atoms with Gasteiger partial charge in [-0.2, -0.15) is 0 Å². The summed E-state index contributed by atoms with van der Waals surface area (Å²) in [6.45, 7) is 3.76. The summed E-state index contributed by atoms with van der Waals surface area (Å²) in [7, 11) is -1.23. The van der Waals surface area contributed by atoms with Crippen molar-refractivity contribution in [1.29, 1.82) is 0 Å². The van der Waals surface area contributed by atoms with E-state index in [0.29, 0.717) is 12.2 Å². The van der Waals surface area contributed by atoms with Crippen molar-refractivity contribution < 1.29 is 26.1 Å². The molecule has 0 heterocycles. The molecule has 10 heteroatoms. The van der Waals surface area contributed by atoms with E-state index in [1.165, 1.54) is 24.7 Å². The van der Waals surface area contributed by atoms with Gasteiger partial charge in [0.2, 0.25) is 9.05 Å². The topological polar surface area (TPSA) is 97.7 Å². The molecule has 23 heavy (non-hydrogen) atoms. The van der Waals surface area contributed by atoms with E-state index in [1.807, 2.05) is 12.1 Å². The van der Waals surface area contributed by atoms with E-state index in [9.17, 15) is 16.8 Å². The van der Waals surface area contributed by atoms with E-state index in [0.717, 1.165) is 29.4 Å². The molecular weight excluding hydrogens is 561 g/mol. The minimum absolute atomic E-state index is 0.154. The third-order valence-corrected chi connectivity index (χ3v) is 2.60. The SMILES string of the molecule is CS(=O)(=O)Cl.Cc1cc(CCCO)cc(C)c1O[S-](=O)=O.[CH3][BiH+]. The molecule has 1 rings (SSSR count). The first kappa shape index (κ1) is 25.3. The number of rotatable bonds is 5. The number of hydrogen-bond acceptors (Lipinski definition) is 7. The number of aliphatic hydroxyl groups is 1. The number of aliphatic hydroxyl groups excluding tert-OH is 1. The number of aryl methyl sites for hydroxylation is 3. The van der Waals surface area contributed by atoms with Gasteiger partial charge in [0.25, 0.3) is 0 Å². The molecule has 0 unspecified atom stereocenters. The molecule has 1 aromatic rings. The molecule has 0 atom stereocenters. The van der Waals surface area contributed by atoms with Gasteiger partial charge in [0.1, 0.15) is 16.7 Å². The Morgan fingerprint density at radius 3 is 1.91 bits per heavy atom. The first-order chi connectivity index (χ1) is 10.5. The second kappa shape index (κ2) is 13.4. The van der Waals surface area contributed by atoms with Crippen LogP contribution in [0.5, 0.6) is 5.75 Å². The van der Waals surface area contributed by atoms with Crippen LogP contribution in [0.25, 0.3) is 0 Å². The average molecular weight is 583 g/mol. The van der Waals surface area contributed by atoms with Gasteiger partial charge in [-0.05, 0) is 43.4 Å². The van der Waals surface area contributed by atoms with Crippen LogP contribution in [0.2, 0.25) is 4.63 Å². The molecule has 0 saturated heterocycles. The van der Waals surface area contributed by atoms with E-state index in [-0.39, 0.29) is 6.61 Å². The van der Waals surface area contributed by atoms with Gasteiger partial charge in [0.05, 0.1) is 6.26 Å². The molecule has 0 bridgehead atoms. The summed E-state index contributed by atoms with van der Waals surface area (Å²) in [4.78, 5) is 0. The summed E-state index contributed by atoms with van der Waals surface area (Å²) < 4.78 is 46.6. The standard InChI is InChI=1S/C11H15O4S.CH3ClO2S.CH3.Bi.H/c1-8-6-10(4-3-5-12)7-9(2)11(8)15-16(13)14;1-5(2,3)4;;;/h6-7,12H,3-5H2,1-2H3;1H3;1H3;;/q-1;;;+1;. The van der Waals surface area contributed by atoms with Crippen molar-refractivity contribution in [2.24, 2.45) is 0 Å². The summed E-state index contributed by atoms with van der Waals surface area (Å²) in [6, 6.07) is 3.76. The average Bonchev–Trinajstić information content (AvgIpc) is 2.41. The molecule has 0 spiro atoms. The molecule has 0 aliphatic carbocycles. The third-order valence-electron chi connectivity index (χ3n) is 2.30. The Bertz CT molecular complexity index is 605. The fraction of sp³-hybridized carbons (Fsp3) is 0.538. The van der Waals surface area contributed by atoms with Gasteiger partial charge in [-0.25, -0.2) is 8.42 Å². The summed E-state index contributed by atoms with van der Waals surface area (Å²) in [6.07, 6.45) is 2.40. The van der Waals surface area contributed by atoms with E-state index in [1.54, 1.807) is 13.8 Å². The van der Waals surface area contributed by atoms with Gasteiger partial charge in [-0.15, -0.1) is 0 Å². The molecule has 2 radical (unpaired) electrons. The monoisotopic (exact) mass is 582 g/mol. The molecule has 0 fully saturated rings. The Morgan fingerprint density at radius 2 is 1.61 bits per heavy atom. The first-order valence-electron chi connectivity index (χ1n) is 6.42. The van der Waals surface area contributed by atoms with E-state index < -0.39 is 20.0 Å². The van der Waals surface area contributed by atoms with Crippen molar-refractivity contribution in [3.8, 4) is 5.75 Å². The van der Waals surface area contributed by atoms with Crippen molar-refractivity contribution in [2.75, 3.05) is 12.9 Å². The quantitative estimate of drug-likeness (QED) is 0.324. The van der Waals surface area contributed by atoms with Crippen LogP contribution in [0.4, 0.5) is 0 Å². The minimum atomic E-state index is -3.19. The number of halogens is 1. The Hall–Kier alpha value is 0.0531. The molecule has 0 aliphatic rings. The first-order valence-corrected chi connectivity index (χ1v) is 14.0. The van der Waals surface area contributed by atoms with Crippen LogP contribution in [-0.4, -0.2) is 51.1 Å². The molecule has 0 amide bonds. The molecule has 0 aromatic heterocycles. The molecule has 0 saturated carbocycles. The number of hydrogen-bond donors (Lipinski definition) is 1. The predicted octanol–water partition coefficient (Wildman–Crippen LogP) is 1.95. The molecule has 0 aliphatic heterocycles. The van der Waals surface area contributed by atoms with E-state index >= 15 is 0 Å². The van der Waals surface area contributed by atoms with Crippen molar-refractivity contribution in [3.05, 3.63) is 28.8 Å². The number of benzene rings is 1. The maximum atomic E-state index is 10.5. The van der Waals surface area contributed by atoms with Crippen LogP contribution < -0.4 is 4.18 Å². The Balaban J connectivity index is 0. The van der Waals surface area contributed by atoms with Crippen LogP contribution >= 0.6 is 10.7 Å². The fourth-order valence-electron chi connectivity index (χ4n) is 1.67.